The van der Waals surface area contributed by atoms with E-state index in [0.29, 0.717) is 0 Å². The first kappa shape index (κ1) is 11.2. The van der Waals surface area contributed by atoms with Crippen LogP contribution >= 0.6 is 34.8 Å². The van der Waals surface area contributed by atoms with Crippen molar-refractivity contribution in [3.05, 3.63) is 0 Å². The quantitative estimate of drug-likeness (QED) is 0.545. The van der Waals surface area contributed by atoms with E-state index in [1.54, 1.807) is 0 Å². The summed E-state index contributed by atoms with van der Waals surface area (Å²) in [5.41, 5.74) is 0. The van der Waals surface area contributed by atoms with E-state index in [1.807, 2.05) is 0 Å². The topological polar surface area (TPSA) is 63.2 Å². The maximum atomic E-state index is 11.6. The number of hydrogen-bond donors (Lipinski definition) is 1. The summed E-state index contributed by atoms with van der Waals surface area (Å²) >= 11 is 14.6. The number of hydrogen-bond acceptors (Lipinski definition) is 3. The van der Waals surface area contributed by atoms with Gasteiger partial charge in [0, 0.05) is 0 Å². The van der Waals surface area contributed by atoms with Gasteiger partial charge in [0.05, 0.1) is 0 Å². The Hall–Kier alpha value is 0.220. The fraction of sp³-hybridized carbons (Fsp3) is 0.500. The number of carbonyl (C=O) groups excluding carboxylic acids is 1. The predicted molar refractivity (Wildman–Crippen MR) is 38.5 cm³/mol. The minimum absolute atomic E-state index is 0.830. The van der Waals surface area contributed by atoms with E-state index in [9.17, 15) is 17.1 Å². The lowest BCUT2D eigenvalue weighted by Gasteiger charge is -2.07. The van der Waals surface area contributed by atoms with Crippen molar-refractivity contribution < 1.29 is 17.1 Å². The van der Waals surface area contributed by atoms with Gasteiger partial charge in [-0.15, -0.1) is 0 Å². The second-order valence-electron chi connectivity index (χ2n) is 1.37. The third kappa shape index (κ3) is 5.49. The van der Waals surface area contributed by atoms with Gasteiger partial charge in [0.15, 0.2) is 0 Å². The molecular weight excluding hydrogens is 243 g/mol. The first-order chi connectivity index (χ1) is 4.63. The Morgan fingerprint density at radius 1 is 1.36 bits per heavy atom. The number of halogens is 4. The maximum Gasteiger partial charge on any atom is 0.399 e. The lowest BCUT2D eigenvalue weighted by molar-refractivity contribution is -0.118. The van der Waals surface area contributed by atoms with Crippen LogP contribution in [0.15, 0.2) is 0 Å². The SMILES string of the molecule is O=C(NS(=O)(=O)F)C(Cl)(Cl)Cl. The number of amides is 1. The first-order valence-electron chi connectivity index (χ1n) is 1.96. The monoisotopic (exact) mass is 243 g/mol. The summed E-state index contributed by atoms with van der Waals surface area (Å²) in [4.78, 5) is 10.4. The van der Waals surface area contributed by atoms with Crippen LogP contribution in [0.25, 0.3) is 0 Å². The summed E-state index contributed by atoms with van der Waals surface area (Å²) in [5, 5.41) is 0. The second-order valence-corrected chi connectivity index (χ2v) is 4.73. The molecule has 11 heavy (non-hydrogen) atoms. The molecule has 0 aliphatic carbocycles. The molecule has 0 spiro atoms. The second kappa shape index (κ2) is 3.30. The van der Waals surface area contributed by atoms with E-state index in [-0.39, 0.29) is 0 Å². The van der Waals surface area contributed by atoms with Gasteiger partial charge in [-0.3, -0.25) is 4.79 Å². The number of alkyl halides is 3. The zero-order valence-corrected chi connectivity index (χ0v) is 7.73. The van der Waals surface area contributed by atoms with Crippen LogP contribution in [0.3, 0.4) is 0 Å². The molecule has 0 bridgehead atoms. The predicted octanol–water partition coefficient (Wildman–Crippen LogP) is 0.687. The maximum absolute atomic E-state index is 11.6. The van der Waals surface area contributed by atoms with Crippen LogP contribution in [0.2, 0.25) is 0 Å². The summed E-state index contributed by atoms with van der Waals surface area (Å²) in [5.74, 6) is -1.56. The molecule has 9 heteroatoms. The van der Waals surface area contributed by atoms with Crippen molar-refractivity contribution in [1.29, 1.82) is 0 Å². The molecule has 1 amide bonds. The standard InChI is InChI=1S/C2HCl3FNO3S/c3-2(4,5)1(8)7-11(6,9)10/h(H,7,8). The van der Waals surface area contributed by atoms with E-state index < -0.39 is 20.1 Å². The van der Waals surface area contributed by atoms with E-state index in [4.69, 9.17) is 34.8 Å². The van der Waals surface area contributed by atoms with Crippen LogP contribution in [0.5, 0.6) is 0 Å². The van der Waals surface area contributed by atoms with E-state index in [2.05, 4.69) is 0 Å². The van der Waals surface area contributed by atoms with Gasteiger partial charge in [0.1, 0.15) is 0 Å². The fourth-order valence-corrected chi connectivity index (χ4v) is 0.853. The van der Waals surface area contributed by atoms with Crippen molar-refractivity contribution in [3.8, 4) is 0 Å². The molecule has 0 radical (unpaired) electrons. The van der Waals surface area contributed by atoms with Crippen molar-refractivity contribution in [2.75, 3.05) is 0 Å². The molecule has 1 N–H and O–H groups in total. The van der Waals surface area contributed by atoms with Crippen molar-refractivity contribution >= 4 is 51.1 Å². The van der Waals surface area contributed by atoms with Crippen molar-refractivity contribution in [1.82, 2.24) is 4.72 Å². The van der Waals surface area contributed by atoms with Gasteiger partial charge in [-0.2, -0.15) is 8.42 Å². The molecule has 0 saturated carbocycles. The molecular formula is C2HCl3FNO3S. The number of rotatable bonds is 1. The van der Waals surface area contributed by atoms with Gasteiger partial charge in [0.2, 0.25) is 0 Å². The highest BCUT2D eigenvalue weighted by Crippen LogP contribution is 2.25. The molecule has 66 valence electrons. The Labute approximate surface area is 76.9 Å². The average Bonchev–Trinajstić information content (AvgIpc) is 1.56. The molecule has 0 aliphatic heterocycles. The Bertz CT molecular complexity index is 256. The Morgan fingerprint density at radius 3 is 1.82 bits per heavy atom. The lowest BCUT2D eigenvalue weighted by Crippen LogP contribution is -2.36. The molecule has 0 saturated heterocycles. The molecule has 4 nitrogen and oxygen atoms in total. The molecule has 0 aliphatic rings. The van der Waals surface area contributed by atoms with Crippen LogP contribution < -0.4 is 4.72 Å². The summed E-state index contributed by atoms with van der Waals surface area (Å²) in [7, 11) is -5.16. The summed E-state index contributed by atoms with van der Waals surface area (Å²) in [6.45, 7) is 0. The number of nitrogens with one attached hydrogen (secondary N) is 1. The average molecular weight is 244 g/mol. The normalized spacial score (nSPS) is 12.7. The van der Waals surface area contributed by atoms with E-state index in [1.165, 1.54) is 0 Å². The van der Waals surface area contributed by atoms with Gasteiger partial charge < -0.3 is 0 Å². The van der Waals surface area contributed by atoms with Gasteiger partial charge >= 0.3 is 10.4 Å². The molecule has 0 heterocycles. The Balaban J connectivity index is 4.35. The molecule has 0 aromatic carbocycles. The third-order valence-corrected chi connectivity index (χ3v) is 1.42. The first-order valence-corrected chi connectivity index (χ1v) is 4.48. The summed E-state index contributed by atoms with van der Waals surface area (Å²) in [6, 6.07) is 0. The van der Waals surface area contributed by atoms with Crippen LogP contribution in [-0.2, 0) is 15.2 Å². The Morgan fingerprint density at radius 2 is 1.73 bits per heavy atom. The zero-order valence-electron chi connectivity index (χ0n) is 4.64. The third-order valence-electron chi connectivity index (χ3n) is 0.472. The molecule has 0 aromatic rings. The van der Waals surface area contributed by atoms with Gasteiger partial charge in [0.25, 0.3) is 9.70 Å². The minimum Gasteiger partial charge on any atom is -0.269 e. The van der Waals surface area contributed by atoms with Crippen LogP contribution in [-0.4, -0.2) is 18.1 Å². The highest BCUT2D eigenvalue weighted by Gasteiger charge is 2.33. The van der Waals surface area contributed by atoms with Gasteiger partial charge in [-0.05, 0) is 0 Å². The van der Waals surface area contributed by atoms with Gasteiger partial charge in [-0.1, -0.05) is 38.7 Å². The molecule has 0 unspecified atom stereocenters. The smallest absolute Gasteiger partial charge is 0.269 e. The lowest BCUT2D eigenvalue weighted by atomic mass is 10.7. The summed E-state index contributed by atoms with van der Waals surface area (Å²) < 4.78 is 29.4. The molecule has 0 aromatic heterocycles. The van der Waals surface area contributed by atoms with Crippen LogP contribution in [0.4, 0.5) is 3.89 Å². The number of carbonyl (C=O) groups is 1. The Kier molecular flexibility index (Phi) is 3.37. The summed E-state index contributed by atoms with van der Waals surface area (Å²) in [6.07, 6.45) is 0. The van der Waals surface area contributed by atoms with E-state index in [0.717, 1.165) is 4.72 Å². The highest BCUT2D eigenvalue weighted by atomic mass is 35.6. The van der Waals surface area contributed by atoms with Crippen molar-refractivity contribution in [2.24, 2.45) is 0 Å². The zero-order chi connectivity index (χ0) is 9.28. The van der Waals surface area contributed by atoms with Crippen LogP contribution in [0, 0.1) is 0 Å². The fourth-order valence-electron chi connectivity index (χ4n) is 0.169. The molecule has 0 fully saturated rings. The van der Waals surface area contributed by atoms with Gasteiger partial charge in [-0.25, -0.2) is 4.72 Å². The highest BCUT2D eigenvalue weighted by molar-refractivity contribution is 7.85. The minimum atomic E-state index is -5.16. The van der Waals surface area contributed by atoms with Crippen molar-refractivity contribution in [3.63, 3.8) is 0 Å². The molecule has 0 rings (SSSR count). The van der Waals surface area contributed by atoms with Crippen molar-refractivity contribution in [2.45, 2.75) is 3.79 Å². The largest absolute Gasteiger partial charge is 0.399 e. The van der Waals surface area contributed by atoms with E-state index >= 15 is 0 Å². The molecule has 0 atom stereocenters. The van der Waals surface area contributed by atoms with Crippen LogP contribution in [0.1, 0.15) is 0 Å².